The van der Waals surface area contributed by atoms with Crippen molar-refractivity contribution in [1.29, 1.82) is 0 Å². The van der Waals surface area contributed by atoms with E-state index in [-0.39, 0.29) is 6.04 Å². The number of aromatic nitrogens is 1. The summed E-state index contributed by atoms with van der Waals surface area (Å²) in [5.41, 5.74) is 7.52. The van der Waals surface area contributed by atoms with Gasteiger partial charge >= 0.3 is 0 Å². The van der Waals surface area contributed by atoms with Crippen LogP contribution in [-0.2, 0) is 0 Å². The highest BCUT2D eigenvalue weighted by Crippen LogP contribution is 2.28. The minimum absolute atomic E-state index is 0.0117. The fraction of sp³-hybridized carbons (Fsp3) is 0.133. The van der Waals surface area contributed by atoms with E-state index in [0.29, 0.717) is 0 Å². The minimum Gasteiger partial charge on any atom is -0.271 e. The van der Waals surface area contributed by atoms with Crippen LogP contribution in [0.2, 0.25) is 0 Å². The third-order valence-electron chi connectivity index (χ3n) is 3.34. The number of nitrogens with zero attached hydrogens (tertiary/aromatic N) is 1. The summed E-state index contributed by atoms with van der Waals surface area (Å²) < 4.78 is 0. The first-order chi connectivity index (χ1) is 9.29. The molecule has 19 heavy (non-hydrogen) atoms. The Morgan fingerprint density at radius 3 is 2.89 bits per heavy atom. The third kappa shape index (κ3) is 2.26. The number of rotatable bonds is 3. The third-order valence-corrected chi connectivity index (χ3v) is 4.22. The van der Waals surface area contributed by atoms with E-state index in [9.17, 15) is 0 Å². The predicted molar refractivity (Wildman–Crippen MR) is 80.0 cm³/mol. The number of fused-ring (bicyclic) bond motifs is 1. The van der Waals surface area contributed by atoms with E-state index in [1.807, 2.05) is 12.3 Å². The van der Waals surface area contributed by atoms with Crippen LogP contribution in [0.1, 0.15) is 22.7 Å². The Balaban J connectivity index is 2.09. The average Bonchev–Trinajstić information content (AvgIpc) is 2.86. The highest BCUT2D eigenvalue weighted by molar-refractivity contribution is 7.08. The maximum Gasteiger partial charge on any atom is 0.0721 e. The second-order valence-electron chi connectivity index (χ2n) is 4.57. The number of hydrazine groups is 1. The molecule has 0 aliphatic rings. The van der Waals surface area contributed by atoms with Crippen molar-refractivity contribution in [2.45, 2.75) is 13.0 Å². The SMILES string of the molecule is Cc1cscc1C(NN)c1ccc2cccnc2c1. The molecule has 0 spiro atoms. The second kappa shape index (κ2) is 5.09. The molecule has 0 amide bonds. The number of hydrogen-bond donors (Lipinski definition) is 2. The number of aryl methyl sites for hydroxylation is 1. The number of benzene rings is 1. The molecule has 1 aromatic carbocycles. The molecule has 0 saturated carbocycles. The fourth-order valence-electron chi connectivity index (χ4n) is 2.29. The largest absolute Gasteiger partial charge is 0.271 e. The van der Waals surface area contributed by atoms with Crippen molar-refractivity contribution in [2.75, 3.05) is 0 Å². The molecule has 3 rings (SSSR count). The quantitative estimate of drug-likeness (QED) is 0.567. The topological polar surface area (TPSA) is 50.9 Å². The van der Waals surface area contributed by atoms with E-state index in [2.05, 4.69) is 52.4 Å². The lowest BCUT2D eigenvalue weighted by molar-refractivity contribution is 0.636. The molecule has 1 unspecified atom stereocenters. The number of thiophene rings is 1. The molecular weight excluding hydrogens is 254 g/mol. The van der Waals surface area contributed by atoms with Gasteiger partial charge in [-0.15, -0.1) is 0 Å². The van der Waals surface area contributed by atoms with Crippen LogP contribution < -0.4 is 11.3 Å². The van der Waals surface area contributed by atoms with Gasteiger partial charge in [0.05, 0.1) is 11.6 Å². The summed E-state index contributed by atoms with van der Waals surface area (Å²) in [7, 11) is 0. The van der Waals surface area contributed by atoms with Gasteiger partial charge in [0.25, 0.3) is 0 Å². The highest BCUT2D eigenvalue weighted by atomic mass is 32.1. The standard InChI is InChI=1S/C15H15N3S/c1-10-8-19-9-13(10)15(18-16)12-5-4-11-3-2-6-17-14(11)7-12/h2-9,15,18H,16H2,1H3. The molecule has 1 atom stereocenters. The molecule has 0 bridgehead atoms. The van der Waals surface area contributed by atoms with Crippen molar-refractivity contribution >= 4 is 22.2 Å². The van der Waals surface area contributed by atoms with Crippen molar-refractivity contribution < 1.29 is 0 Å². The zero-order chi connectivity index (χ0) is 13.2. The Hall–Kier alpha value is -1.75. The molecule has 2 aromatic heterocycles. The number of hydrogen-bond acceptors (Lipinski definition) is 4. The molecule has 96 valence electrons. The Morgan fingerprint density at radius 1 is 1.26 bits per heavy atom. The zero-order valence-electron chi connectivity index (χ0n) is 10.6. The van der Waals surface area contributed by atoms with E-state index in [0.717, 1.165) is 16.5 Å². The first-order valence-corrected chi connectivity index (χ1v) is 7.07. The summed E-state index contributed by atoms with van der Waals surface area (Å²) in [6.07, 6.45) is 1.81. The van der Waals surface area contributed by atoms with Gasteiger partial charge in [-0.2, -0.15) is 11.3 Å². The Kier molecular flexibility index (Phi) is 3.29. The normalized spacial score (nSPS) is 12.7. The fourth-order valence-corrected chi connectivity index (χ4v) is 3.17. The summed E-state index contributed by atoms with van der Waals surface area (Å²) in [4.78, 5) is 4.40. The lowest BCUT2D eigenvalue weighted by Crippen LogP contribution is -2.28. The lowest BCUT2D eigenvalue weighted by atomic mass is 9.98. The molecule has 0 saturated heterocycles. The first-order valence-electron chi connectivity index (χ1n) is 6.13. The highest BCUT2D eigenvalue weighted by Gasteiger charge is 2.15. The van der Waals surface area contributed by atoms with Gasteiger partial charge in [-0.3, -0.25) is 10.8 Å². The van der Waals surface area contributed by atoms with Crippen LogP contribution in [0.4, 0.5) is 0 Å². The van der Waals surface area contributed by atoms with Crippen LogP contribution in [0.3, 0.4) is 0 Å². The number of pyridine rings is 1. The summed E-state index contributed by atoms with van der Waals surface area (Å²) in [5, 5.41) is 5.42. The smallest absolute Gasteiger partial charge is 0.0721 e. The van der Waals surface area contributed by atoms with Crippen LogP contribution in [-0.4, -0.2) is 4.98 Å². The summed E-state index contributed by atoms with van der Waals surface area (Å²) in [6, 6.07) is 10.3. The molecule has 0 fully saturated rings. The van der Waals surface area contributed by atoms with Gasteiger partial charge in [-0.1, -0.05) is 18.2 Å². The van der Waals surface area contributed by atoms with Gasteiger partial charge in [0.15, 0.2) is 0 Å². The molecule has 2 heterocycles. The van der Waals surface area contributed by atoms with Gasteiger partial charge in [-0.05, 0) is 46.5 Å². The van der Waals surface area contributed by atoms with E-state index >= 15 is 0 Å². The van der Waals surface area contributed by atoms with Crippen LogP contribution in [0.5, 0.6) is 0 Å². The van der Waals surface area contributed by atoms with Gasteiger partial charge in [-0.25, -0.2) is 5.43 Å². The molecule has 0 radical (unpaired) electrons. The summed E-state index contributed by atoms with van der Waals surface area (Å²) in [6.45, 7) is 2.11. The Bertz CT molecular complexity index is 705. The lowest BCUT2D eigenvalue weighted by Gasteiger charge is -2.17. The van der Waals surface area contributed by atoms with Crippen molar-refractivity contribution in [3.8, 4) is 0 Å². The van der Waals surface area contributed by atoms with Crippen LogP contribution in [0.25, 0.3) is 10.9 Å². The van der Waals surface area contributed by atoms with Gasteiger partial charge in [0.2, 0.25) is 0 Å². The van der Waals surface area contributed by atoms with Gasteiger partial charge in [0.1, 0.15) is 0 Å². The average molecular weight is 269 g/mol. The van der Waals surface area contributed by atoms with E-state index in [1.165, 1.54) is 11.1 Å². The van der Waals surface area contributed by atoms with Gasteiger partial charge < -0.3 is 0 Å². The zero-order valence-corrected chi connectivity index (χ0v) is 11.4. The molecule has 4 heteroatoms. The van der Waals surface area contributed by atoms with Crippen molar-refractivity contribution in [2.24, 2.45) is 5.84 Å². The molecular formula is C15H15N3S. The van der Waals surface area contributed by atoms with Crippen molar-refractivity contribution in [3.63, 3.8) is 0 Å². The van der Waals surface area contributed by atoms with Crippen molar-refractivity contribution in [1.82, 2.24) is 10.4 Å². The number of nitrogens with two attached hydrogens (primary N) is 1. The maximum atomic E-state index is 5.74. The monoisotopic (exact) mass is 269 g/mol. The molecule has 0 aliphatic carbocycles. The minimum atomic E-state index is 0.0117. The van der Waals surface area contributed by atoms with E-state index in [4.69, 9.17) is 5.84 Å². The Morgan fingerprint density at radius 2 is 2.16 bits per heavy atom. The predicted octanol–water partition coefficient (Wildman–Crippen LogP) is 3.16. The second-order valence-corrected chi connectivity index (χ2v) is 5.31. The summed E-state index contributed by atoms with van der Waals surface area (Å²) >= 11 is 1.70. The molecule has 3 N–H and O–H groups in total. The van der Waals surface area contributed by atoms with E-state index < -0.39 is 0 Å². The molecule has 3 aromatic rings. The maximum absolute atomic E-state index is 5.74. The molecule has 0 aliphatic heterocycles. The van der Waals surface area contributed by atoms with Crippen LogP contribution >= 0.6 is 11.3 Å². The van der Waals surface area contributed by atoms with Gasteiger partial charge in [0, 0.05) is 11.6 Å². The first kappa shape index (κ1) is 12.3. The van der Waals surface area contributed by atoms with Crippen LogP contribution in [0, 0.1) is 6.92 Å². The number of nitrogens with one attached hydrogen (secondary N) is 1. The Labute approximate surface area is 116 Å². The molecule has 3 nitrogen and oxygen atoms in total. The van der Waals surface area contributed by atoms with Crippen molar-refractivity contribution in [3.05, 3.63) is 64.0 Å². The summed E-state index contributed by atoms with van der Waals surface area (Å²) in [5.74, 6) is 5.74. The van der Waals surface area contributed by atoms with Crippen LogP contribution in [0.15, 0.2) is 47.3 Å². The van der Waals surface area contributed by atoms with E-state index in [1.54, 1.807) is 11.3 Å².